The van der Waals surface area contributed by atoms with E-state index in [0.717, 1.165) is 37.7 Å². The van der Waals surface area contributed by atoms with Crippen molar-refractivity contribution in [3.8, 4) is 16.9 Å². The van der Waals surface area contributed by atoms with Crippen molar-refractivity contribution in [3.63, 3.8) is 0 Å². The monoisotopic (exact) mass is 705 g/mol. The van der Waals surface area contributed by atoms with Gasteiger partial charge in [0.2, 0.25) is 5.91 Å². The van der Waals surface area contributed by atoms with Gasteiger partial charge in [-0.25, -0.2) is 4.72 Å². The summed E-state index contributed by atoms with van der Waals surface area (Å²) in [7, 11) is 5.45. The number of likely N-dealkylation sites (N-methyl/N-ethyl adjacent to an activating group) is 1. The lowest BCUT2D eigenvalue weighted by Crippen LogP contribution is -2.51. The molecule has 3 atom stereocenters. The number of carbonyl (C=O) groups excluding carboxylic acids is 1. The third-order valence-corrected chi connectivity index (χ3v) is 9.91. The summed E-state index contributed by atoms with van der Waals surface area (Å²) in [5, 5.41) is 10.2. The molecule has 2 aromatic carbocycles. The van der Waals surface area contributed by atoms with Gasteiger partial charge in [0.05, 0.1) is 19.8 Å². The number of aryl methyl sites for hydroxylation is 1. The van der Waals surface area contributed by atoms with Gasteiger partial charge in [-0.1, -0.05) is 99.2 Å². The second kappa shape index (κ2) is 23.1. The number of benzene rings is 2. The number of rotatable bonds is 11. The molecule has 1 saturated carbocycles. The van der Waals surface area contributed by atoms with Crippen LogP contribution in [0.3, 0.4) is 0 Å². The standard InChI is InChI=1S/C32H42F2N2O3S.C4H9N.C2H6.CH4O/c1-22-10-12-24(13-11-22)28-19-14-25(20-29(28)38-4)32(33,34)30(31(37)36(2)3)35-40-27-17-15-26(16-18-27)39-21-23-8-6-5-7-9-23;1-2-4-5-3-1;2*1-2/h10-15,17,19-20,23,26-27,30,35H,5-9,16,18,21H2,1-4H3;5H,1-4H2;1-2H3;2H,1H3/t26?,27?,30-;;;/m1.../s1. The minimum Gasteiger partial charge on any atom is -0.496 e. The number of methoxy groups -OCH3 is 1. The molecule has 3 N–H and O–H groups in total. The number of halogens is 2. The smallest absolute Gasteiger partial charge is 0.298 e. The first-order chi connectivity index (χ1) is 23.7. The van der Waals surface area contributed by atoms with Gasteiger partial charge >= 0.3 is 0 Å². The zero-order valence-corrected chi connectivity index (χ0v) is 31.6. The predicted octanol–water partition coefficient (Wildman–Crippen LogP) is 8.15. The highest BCUT2D eigenvalue weighted by atomic mass is 32.2. The Morgan fingerprint density at radius 3 is 2.16 bits per heavy atom. The molecule has 0 aromatic heterocycles. The van der Waals surface area contributed by atoms with Gasteiger partial charge in [0.15, 0.2) is 6.04 Å². The third-order valence-electron chi connectivity index (χ3n) is 8.84. The Morgan fingerprint density at radius 2 is 1.63 bits per heavy atom. The molecule has 10 heteroatoms. The van der Waals surface area contributed by atoms with Gasteiger partial charge in [0.1, 0.15) is 5.75 Å². The number of nitrogens with one attached hydrogen (secondary N) is 2. The van der Waals surface area contributed by atoms with Crippen LogP contribution in [0.2, 0.25) is 0 Å². The van der Waals surface area contributed by atoms with E-state index in [1.165, 1.54) is 108 Å². The quantitative estimate of drug-likeness (QED) is 0.161. The molecule has 1 amide bonds. The number of aliphatic hydroxyl groups is 1. The zero-order valence-electron chi connectivity index (χ0n) is 30.8. The summed E-state index contributed by atoms with van der Waals surface area (Å²) in [6, 6.07) is 10.4. The molecule has 1 aliphatic heterocycles. The summed E-state index contributed by atoms with van der Waals surface area (Å²) < 4.78 is 46.5. The molecular weight excluding hydrogens is 645 g/mol. The summed E-state index contributed by atoms with van der Waals surface area (Å²) >= 11 is 1.18. The molecule has 7 nitrogen and oxygen atoms in total. The highest BCUT2D eigenvalue weighted by molar-refractivity contribution is 7.98. The van der Waals surface area contributed by atoms with E-state index in [1.54, 1.807) is 6.07 Å². The minimum absolute atomic E-state index is 0.0266. The fourth-order valence-electron chi connectivity index (χ4n) is 5.97. The van der Waals surface area contributed by atoms with E-state index in [-0.39, 0.29) is 16.9 Å². The predicted molar refractivity (Wildman–Crippen MR) is 200 cm³/mol. The summed E-state index contributed by atoms with van der Waals surface area (Å²) in [6.45, 7) is 9.29. The highest BCUT2D eigenvalue weighted by Gasteiger charge is 2.47. The third kappa shape index (κ3) is 13.6. The van der Waals surface area contributed by atoms with E-state index in [0.29, 0.717) is 17.2 Å². The molecule has 0 spiro atoms. The van der Waals surface area contributed by atoms with Crippen LogP contribution in [0.1, 0.15) is 82.8 Å². The van der Waals surface area contributed by atoms with Crippen LogP contribution in [0, 0.1) is 12.8 Å². The molecule has 1 heterocycles. The second-order valence-corrected chi connectivity index (χ2v) is 13.7. The van der Waals surface area contributed by atoms with Crippen molar-refractivity contribution in [2.45, 2.75) is 102 Å². The molecule has 2 fully saturated rings. The Hall–Kier alpha value is -2.50. The van der Waals surface area contributed by atoms with Gasteiger partial charge in [0.25, 0.3) is 5.92 Å². The van der Waals surface area contributed by atoms with Gasteiger partial charge in [-0.15, -0.1) is 0 Å². The Kier molecular flexibility index (Phi) is 20.1. The zero-order chi connectivity index (χ0) is 36.2. The van der Waals surface area contributed by atoms with Crippen molar-refractivity contribution < 1.29 is 28.2 Å². The van der Waals surface area contributed by atoms with Crippen molar-refractivity contribution in [3.05, 3.63) is 65.7 Å². The molecular formula is C39H61F2N3O4S. The highest BCUT2D eigenvalue weighted by Crippen LogP contribution is 2.40. The topological polar surface area (TPSA) is 83.1 Å². The van der Waals surface area contributed by atoms with E-state index in [2.05, 4.69) is 10.0 Å². The maximum Gasteiger partial charge on any atom is 0.298 e. The molecule has 2 aliphatic carbocycles. The number of aliphatic hydroxyl groups excluding tert-OH is 1. The van der Waals surface area contributed by atoms with Crippen LogP contribution < -0.4 is 14.8 Å². The molecule has 49 heavy (non-hydrogen) atoms. The maximum atomic E-state index is 16.0. The van der Waals surface area contributed by atoms with Crippen molar-refractivity contribution in [1.29, 1.82) is 0 Å². The minimum atomic E-state index is -3.47. The van der Waals surface area contributed by atoms with Gasteiger partial charge in [0, 0.05) is 37.6 Å². The lowest BCUT2D eigenvalue weighted by molar-refractivity contribution is -0.141. The van der Waals surface area contributed by atoms with Crippen molar-refractivity contribution >= 4 is 17.9 Å². The average molecular weight is 706 g/mol. The first-order valence-electron chi connectivity index (χ1n) is 17.9. The molecule has 2 unspecified atom stereocenters. The number of carbonyl (C=O) groups is 1. The molecule has 3 aliphatic rings. The van der Waals surface area contributed by atoms with Crippen LogP contribution >= 0.6 is 11.9 Å². The molecule has 2 aromatic rings. The number of hydrogen-bond acceptors (Lipinski definition) is 7. The van der Waals surface area contributed by atoms with E-state index >= 15 is 8.78 Å². The SMILES string of the molecule is C1CCNC1.CC.CO.COc1cc(C(F)(F)[C@H](NSC2C=CC(OCC3CCCCC3)CC2)C(=O)N(C)C)ccc1-c1ccc(C)cc1. The second-order valence-electron chi connectivity index (χ2n) is 12.6. The Labute approximate surface area is 298 Å². The average Bonchev–Trinajstić information content (AvgIpc) is 3.74. The summed E-state index contributed by atoms with van der Waals surface area (Å²) in [6.07, 6.45) is 14.9. The van der Waals surface area contributed by atoms with E-state index < -0.39 is 17.9 Å². The number of ether oxygens (including phenoxy) is 2. The van der Waals surface area contributed by atoms with Crippen molar-refractivity contribution in [2.75, 3.05) is 48.0 Å². The van der Waals surface area contributed by atoms with E-state index in [1.807, 2.05) is 57.2 Å². The Balaban J connectivity index is 0.000000822. The van der Waals surface area contributed by atoms with E-state index in [9.17, 15) is 4.79 Å². The first kappa shape index (κ1) is 42.7. The molecule has 1 saturated heterocycles. The van der Waals surface area contributed by atoms with Crippen LogP contribution in [0.25, 0.3) is 11.1 Å². The normalized spacial score (nSPS) is 19.6. The van der Waals surface area contributed by atoms with Crippen LogP contribution in [0.4, 0.5) is 8.78 Å². The van der Waals surface area contributed by atoms with Gasteiger partial charge in [-0.3, -0.25) is 4.79 Å². The van der Waals surface area contributed by atoms with Gasteiger partial charge in [-0.05, 0) is 76.1 Å². The summed E-state index contributed by atoms with van der Waals surface area (Å²) in [5.41, 5.74) is 2.42. The lowest BCUT2D eigenvalue weighted by atomic mass is 9.90. The van der Waals surface area contributed by atoms with Crippen LogP contribution in [0.15, 0.2) is 54.6 Å². The summed E-state index contributed by atoms with van der Waals surface area (Å²) in [5.74, 6) is -3.18. The number of amides is 1. The van der Waals surface area contributed by atoms with Crippen LogP contribution in [0.5, 0.6) is 5.75 Å². The van der Waals surface area contributed by atoms with Crippen LogP contribution in [-0.4, -0.2) is 81.3 Å². The Morgan fingerprint density at radius 1 is 0.980 bits per heavy atom. The maximum absolute atomic E-state index is 16.0. The number of hydrogen-bond donors (Lipinski definition) is 3. The molecule has 0 radical (unpaired) electrons. The Bertz CT molecular complexity index is 1230. The van der Waals surface area contributed by atoms with Gasteiger partial charge < -0.3 is 24.8 Å². The number of alkyl halides is 2. The largest absolute Gasteiger partial charge is 0.496 e. The molecule has 276 valence electrons. The molecule has 0 bridgehead atoms. The molecule has 5 rings (SSSR count). The lowest BCUT2D eigenvalue weighted by Gasteiger charge is -2.31. The fourth-order valence-corrected chi connectivity index (χ4v) is 6.96. The summed E-state index contributed by atoms with van der Waals surface area (Å²) in [4.78, 5) is 14.2. The fraction of sp³-hybridized carbons (Fsp3) is 0.615. The number of nitrogens with zero attached hydrogens (tertiary/aromatic N) is 1. The van der Waals surface area contributed by atoms with Crippen LogP contribution in [-0.2, 0) is 15.5 Å². The first-order valence-corrected chi connectivity index (χ1v) is 18.8. The van der Waals surface area contributed by atoms with Crippen molar-refractivity contribution in [2.24, 2.45) is 5.92 Å². The van der Waals surface area contributed by atoms with Gasteiger partial charge in [-0.2, -0.15) is 8.78 Å². The van der Waals surface area contributed by atoms with Crippen molar-refractivity contribution in [1.82, 2.24) is 14.9 Å². The van der Waals surface area contributed by atoms with E-state index in [4.69, 9.17) is 14.6 Å².